The van der Waals surface area contributed by atoms with Crippen LogP contribution in [0.5, 0.6) is 0 Å². The van der Waals surface area contributed by atoms with Crippen molar-refractivity contribution in [3.8, 4) is 0 Å². The van der Waals surface area contributed by atoms with Gasteiger partial charge in [-0.25, -0.2) is 9.78 Å². The Morgan fingerprint density at radius 2 is 1.83 bits per heavy atom. The Morgan fingerprint density at radius 1 is 1.14 bits per heavy atom. The number of primary amides is 1. The summed E-state index contributed by atoms with van der Waals surface area (Å²) < 4.78 is 0. The Labute approximate surface area is 199 Å². The fraction of sp³-hybridized carbons (Fsp3) is 0.550. The van der Waals surface area contributed by atoms with E-state index in [4.69, 9.17) is 11.5 Å². The minimum absolute atomic E-state index is 0.0711. The Bertz CT molecular complexity index is 951. The molecule has 9 N–H and O–H groups in total. The molecule has 0 radical (unpaired) electrons. The molecule has 1 fully saturated rings. The van der Waals surface area contributed by atoms with Crippen LogP contribution in [0.4, 0.5) is 0 Å². The Kier molecular flexibility index (Phi) is 9.69. The monoisotopic (exact) mass is 495 g/mol. The van der Waals surface area contributed by atoms with Gasteiger partial charge in [0.1, 0.15) is 18.1 Å². The van der Waals surface area contributed by atoms with Gasteiger partial charge in [-0.05, 0) is 19.3 Å². The second kappa shape index (κ2) is 12.5. The van der Waals surface area contributed by atoms with E-state index in [0.29, 0.717) is 12.1 Å². The van der Waals surface area contributed by atoms with Crippen molar-refractivity contribution in [1.82, 2.24) is 25.5 Å². The quantitative estimate of drug-likeness (QED) is 0.147. The molecule has 15 heteroatoms. The van der Waals surface area contributed by atoms with Crippen molar-refractivity contribution in [2.24, 2.45) is 11.5 Å². The van der Waals surface area contributed by atoms with Gasteiger partial charge in [0.25, 0.3) is 0 Å². The third-order valence-corrected chi connectivity index (χ3v) is 5.46. The zero-order valence-corrected chi connectivity index (χ0v) is 18.8. The van der Waals surface area contributed by atoms with Crippen LogP contribution < -0.4 is 22.1 Å². The number of amides is 4. The normalized spacial score (nSPS) is 17.7. The third kappa shape index (κ3) is 8.06. The second-order valence-corrected chi connectivity index (χ2v) is 8.14. The van der Waals surface area contributed by atoms with E-state index >= 15 is 0 Å². The average molecular weight is 495 g/mol. The second-order valence-electron chi connectivity index (χ2n) is 8.14. The van der Waals surface area contributed by atoms with Crippen LogP contribution in [0.3, 0.4) is 0 Å². The first-order valence-corrected chi connectivity index (χ1v) is 10.9. The van der Waals surface area contributed by atoms with E-state index in [1.165, 1.54) is 12.5 Å². The number of carboxylic acid groups (broad SMARTS) is 2. The molecular formula is C20H29N7O8. The predicted octanol–water partition coefficient (Wildman–Crippen LogP) is -2.94. The van der Waals surface area contributed by atoms with Crippen molar-refractivity contribution >= 4 is 35.6 Å². The van der Waals surface area contributed by atoms with Gasteiger partial charge in [0.15, 0.2) is 0 Å². The van der Waals surface area contributed by atoms with Crippen LogP contribution in [0.15, 0.2) is 12.5 Å². The maximum Gasteiger partial charge on any atom is 0.326 e. The third-order valence-electron chi connectivity index (χ3n) is 5.46. The number of imidazole rings is 1. The molecule has 4 amide bonds. The van der Waals surface area contributed by atoms with Crippen molar-refractivity contribution in [3.63, 3.8) is 0 Å². The minimum Gasteiger partial charge on any atom is -0.481 e. The molecule has 0 aromatic carbocycles. The van der Waals surface area contributed by atoms with Gasteiger partial charge in [0, 0.05) is 31.3 Å². The minimum atomic E-state index is -1.59. The summed E-state index contributed by atoms with van der Waals surface area (Å²) in [6.45, 7) is 0.0894. The molecule has 1 aromatic rings. The summed E-state index contributed by atoms with van der Waals surface area (Å²) in [5.41, 5.74) is 11.6. The van der Waals surface area contributed by atoms with Crippen LogP contribution in [0.25, 0.3) is 0 Å². The molecule has 35 heavy (non-hydrogen) atoms. The van der Waals surface area contributed by atoms with Gasteiger partial charge in [-0.15, -0.1) is 0 Å². The van der Waals surface area contributed by atoms with E-state index in [2.05, 4.69) is 20.6 Å². The highest BCUT2D eigenvalue weighted by atomic mass is 16.4. The smallest absolute Gasteiger partial charge is 0.326 e. The molecular weight excluding hydrogens is 466 g/mol. The highest BCUT2D eigenvalue weighted by molar-refractivity contribution is 5.96. The van der Waals surface area contributed by atoms with Crippen LogP contribution in [-0.4, -0.2) is 91.4 Å². The lowest BCUT2D eigenvalue weighted by Gasteiger charge is -2.28. The van der Waals surface area contributed by atoms with E-state index in [1.807, 2.05) is 0 Å². The number of aliphatic carboxylic acids is 2. The highest BCUT2D eigenvalue weighted by Gasteiger charge is 2.39. The lowest BCUT2D eigenvalue weighted by atomic mass is 10.1. The summed E-state index contributed by atoms with van der Waals surface area (Å²) in [6, 6.07) is -5.18. The number of nitrogens with two attached hydrogens (primary N) is 2. The number of rotatable bonds is 13. The van der Waals surface area contributed by atoms with Crippen LogP contribution in [-0.2, 0) is 35.2 Å². The first-order chi connectivity index (χ1) is 16.5. The van der Waals surface area contributed by atoms with E-state index in [-0.39, 0.29) is 32.2 Å². The number of carbonyl (C=O) groups is 6. The maximum atomic E-state index is 12.9. The molecule has 0 spiro atoms. The number of likely N-dealkylation sites (tertiary alicyclic amines) is 1. The summed E-state index contributed by atoms with van der Waals surface area (Å²) in [6.07, 6.45) is 2.19. The molecule has 1 aliphatic rings. The van der Waals surface area contributed by atoms with Crippen LogP contribution in [0.1, 0.15) is 37.8 Å². The summed E-state index contributed by atoms with van der Waals surface area (Å²) in [5.74, 6) is -5.96. The van der Waals surface area contributed by atoms with Crippen molar-refractivity contribution in [1.29, 1.82) is 0 Å². The molecule has 2 heterocycles. The van der Waals surface area contributed by atoms with Crippen LogP contribution in [0.2, 0.25) is 0 Å². The molecule has 0 aliphatic carbocycles. The summed E-state index contributed by atoms with van der Waals surface area (Å²) in [7, 11) is 0. The molecule has 1 aliphatic heterocycles. The van der Waals surface area contributed by atoms with E-state index in [1.54, 1.807) is 0 Å². The molecule has 4 unspecified atom stereocenters. The number of hydrogen-bond acceptors (Lipinski definition) is 8. The lowest BCUT2D eigenvalue weighted by molar-refractivity contribution is -0.150. The molecule has 192 valence electrons. The Morgan fingerprint density at radius 3 is 2.40 bits per heavy atom. The van der Waals surface area contributed by atoms with Gasteiger partial charge in [-0.2, -0.15) is 0 Å². The number of nitrogens with zero attached hydrogens (tertiary/aromatic N) is 2. The van der Waals surface area contributed by atoms with Crippen molar-refractivity contribution in [2.75, 3.05) is 6.54 Å². The zero-order chi connectivity index (χ0) is 26.1. The van der Waals surface area contributed by atoms with Gasteiger partial charge in [0.05, 0.1) is 18.8 Å². The van der Waals surface area contributed by atoms with Gasteiger partial charge in [-0.3, -0.25) is 24.0 Å². The topological polar surface area (TPSA) is 251 Å². The number of carbonyl (C=O) groups excluding carboxylic acids is 4. The van der Waals surface area contributed by atoms with E-state index in [9.17, 15) is 39.0 Å². The average Bonchev–Trinajstić information content (AvgIpc) is 3.47. The van der Waals surface area contributed by atoms with Gasteiger partial charge in [-0.1, -0.05) is 0 Å². The molecule has 1 saturated heterocycles. The van der Waals surface area contributed by atoms with Gasteiger partial charge in [0.2, 0.25) is 23.6 Å². The SMILES string of the molecule is NC(=O)CCC(NC(=O)C(N)Cc1cnc[nH]1)C(=O)NC(CC(=O)O)C(=O)N1CCCC1C(=O)O. The first-order valence-electron chi connectivity index (χ1n) is 10.9. The van der Waals surface area contributed by atoms with Crippen LogP contribution in [0, 0.1) is 0 Å². The molecule has 4 atom stereocenters. The highest BCUT2D eigenvalue weighted by Crippen LogP contribution is 2.19. The summed E-state index contributed by atoms with van der Waals surface area (Å²) in [4.78, 5) is 80.0. The maximum absolute atomic E-state index is 12.9. The number of aromatic amines is 1. The van der Waals surface area contributed by atoms with Gasteiger partial charge < -0.3 is 42.2 Å². The number of H-pyrrole nitrogens is 1. The molecule has 1 aromatic heterocycles. The van der Waals surface area contributed by atoms with Crippen molar-refractivity contribution in [2.45, 2.75) is 62.7 Å². The predicted molar refractivity (Wildman–Crippen MR) is 117 cm³/mol. The molecule has 15 nitrogen and oxygen atoms in total. The first kappa shape index (κ1) is 27.2. The fourth-order valence-corrected chi connectivity index (χ4v) is 3.69. The number of nitrogens with one attached hydrogen (secondary N) is 3. The lowest BCUT2D eigenvalue weighted by Crippen LogP contribution is -2.57. The van der Waals surface area contributed by atoms with Crippen molar-refractivity contribution in [3.05, 3.63) is 18.2 Å². The number of hydrogen-bond donors (Lipinski definition) is 7. The molecule has 0 saturated carbocycles. The molecule has 0 bridgehead atoms. The molecule has 2 rings (SSSR count). The summed E-state index contributed by atoms with van der Waals surface area (Å²) in [5, 5.41) is 23.2. The van der Waals surface area contributed by atoms with E-state index < -0.39 is 66.2 Å². The summed E-state index contributed by atoms with van der Waals surface area (Å²) >= 11 is 0. The van der Waals surface area contributed by atoms with Gasteiger partial charge >= 0.3 is 11.9 Å². The van der Waals surface area contributed by atoms with Crippen LogP contribution >= 0.6 is 0 Å². The fourth-order valence-electron chi connectivity index (χ4n) is 3.69. The van der Waals surface area contributed by atoms with E-state index in [0.717, 1.165) is 4.90 Å². The Balaban J connectivity index is 2.14. The largest absolute Gasteiger partial charge is 0.481 e. The zero-order valence-electron chi connectivity index (χ0n) is 18.8. The van der Waals surface area contributed by atoms with Crippen molar-refractivity contribution < 1.29 is 39.0 Å². The standard InChI is InChI=1S/C20H29N7O8/c21-11(6-10-8-23-9-24-10)17(31)25-12(3-4-15(22)28)18(32)26-13(7-16(29)30)19(33)27-5-1-2-14(27)20(34)35/h8-9,11-14H,1-7,21H2,(H2,22,28)(H,23,24)(H,25,31)(H,26,32)(H,29,30)(H,34,35). The number of aromatic nitrogens is 2. The Hall–Kier alpha value is -4.01. The number of carboxylic acids is 2.